The Balaban J connectivity index is 2.82. The van der Waals surface area contributed by atoms with E-state index in [1.54, 1.807) is 6.92 Å². The number of carbonyl (C=O) groups excluding carboxylic acids is 1. The van der Waals surface area contributed by atoms with Crippen molar-refractivity contribution in [2.75, 3.05) is 6.61 Å². The molecule has 0 aromatic heterocycles. The van der Waals surface area contributed by atoms with Crippen LogP contribution in [0.25, 0.3) is 0 Å². The van der Waals surface area contributed by atoms with Crippen LogP contribution in [-0.2, 0) is 4.79 Å². The number of carbonyl (C=O) groups is 1. The fourth-order valence-electron chi connectivity index (χ4n) is 1.06. The van der Waals surface area contributed by atoms with E-state index >= 15 is 0 Å². The molecule has 15 heavy (non-hydrogen) atoms. The molecule has 0 aliphatic rings. The van der Waals surface area contributed by atoms with Gasteiger partial charge in [0.1, 0.15) is 5.75 Å². The fourth-order valence-corrected chi connectivity index (χ4v) is 1.12. The molecule has 0 aliphatic carbocycles. The van der Waals surface area contributed by atoms with Crippen LogP contribution in [0.3, 0.4) is 0 Å². The maximum Gasteiger partial charge on any atom is 0.272 e. The van der Waals surface area contributed by atoms with Crippen LogP contribution in [-0.4, -0.2) is 16.8 Å². The minimum absolute atomic E-state index is 0.0135. The average Bonchev–Trinajstić information content (AvgIpc) is 2.14. The standard InChI is InChI=1S/C9H8ClNO4/c1-6-4-7(15-5-9(10)12)2-3-8(6)11(13)14/h2-4H,5H2,1H3. The smallest absolute Gasteiger partial charge is 0.272 e. The second-order valence-electron chi connectivity index (χ2n) is 2.85. The highest BCUT2D eigenvalue weighted by Gasteiger charge is 2.10. The summed E-state index contributed by atoms with van der Waals surface area (Å²) in [5.41, 5.74) is 0.485. The van der Waals surface area contributed by atoms with Crippen molar-refractivity contribution in [3.63, 3.8) is 0 Å². The van der Waals surface area contributed by atoms with Crippen molar-refractivity contribution < 1.29 is 14.5 Å². The van der Waals surface area contributed by atoms with Crippen LogP contribution in [0.5, 0.6) is 5.75 Å². The second kappa shape index (κ2) is 4.75. The van der Waals surface area contributed by atoms with Crippen LogP contribution >= 0.6 is 11.6 Å². The summed E-state index contributed by atoms with van der Waals surface area (Å²) in [5.74, 6) is 0.382. The van der Waals surface area contributed by atoms with Gasteiger partial charge in [0.15, 0.2) is 6.61 Å². The lowest BCUT2D eigenvalue weighted by Gasteiger charge is -2.03. The summed E-state index contributed by atoms with van der Waals surface area (Å²) >= 11 is 5.08. The molecule has 0 saturated heterocycles. The Morgan fingerprint density at radius 1 is 1.60 bits per heavy atom. The lowest BCUT2D eigenvalue weighted by atomic mass is 10.2. The van der Waals surface area contributed by atoms with Gasteiger partial charge in [0, 0.05) is 11.6 Å². The van der Waals surface area contributed by atoms with E-state index in [2.05, 4.69) is 0 Å². The van der Waals surface area contributed by atoms with E-state index in [1.807, 2.05) is 0 Å². The van der Waals surface area contributed by atoms with E-state index < -0.39 is 10.2 Å². The number of rotatable bonds is 4. The van der Waals surface area contributed by atoms with Crippen LogP contribution < -0.4 is 4.74 Å². The summed E-state index contributed by atoms with van der Waals surface area (Å²) < 4.78 is 4.98. The molecule has 0 aliphatic heterocycles. The summed E-state index contributed by atoms with van der Waals surface area (Å²) in [4.78, 5) is 20.4. The van der Waals surface area contributed by atoms with Crippen LogP contribution in [0.1, 0.15) is 5.56 Å². The molecule has 0 amide bonds. The van der Waals surface area contributed by atoms with Gasteiger partial charge in [-0.1, -0.05) is 0 Å². The zero-order valence-corrected chi connectivity index (χ0v) is 8.65. The van der Waals surface area contributed by atoms with Gasteiger partial charge in [0.25, 0.3) is 10.9 Å². The number of hydrogen-bond donors (Lipinski definition) is 0. The molecule has 1 aromatic carbocycles. The SMILES string of the molecule is Cc1cc(OCC(=O)Cl)ccc1[N+](=O)[O-]. The minimum atomic E-state index is -0.619. The number of ether oxygens (including phenoxy) is 1. The predicted molar refractivity (Wildman–Crippen MR) is 54.2 cm³/mol. The molecule has 6 heteroatoms. The first-order valence-electron chi connectivity index (χ1n) is 4.07. The summed E-state index contributed by atoms with van der Waals surface area (Å²) in [6.07, 6.45) is 0. The average molecular weight is 230 g/mol. The Morgan fingerprint density at radius 3 is 2.73 bits per heavy atom. The van der Waals surface area contributed by atoms with E-state index in [1.165, 1.54) is 18.2 Å². The van der Waals surface area contributed by atoms with Gasteiger partial charge in [0.05, 0.1) is 4.92 Å². The quantitative estimate of drug-likeness (QED) is 0.450. The fraction of sp³-hybridized carbons (Fsp3) is 0.222. The number of aryl methyl sites for hydroxylation is 1. The van der Waals surface area contributed by atoms with E-state index in [-0.39, 0.29) is 12.3 Å². The Hall–Kier alpha value is -1.62. The molecule has 0 atom stereocenters. The zero-order valence-electron chi connectivity index (χ0n) is 7.90. The highest BCUT2D eigenvalue weighted by atomic mass is 35.5. The lowest BCUT2D eigenvalue weighted by molar-refractivity contribution is -0.385. The van der Waals surface area contributed by atoms with Crippen molar-refractivity contribution in [1.29, 1.82) is 0 Å². The molecule has 0 N–H and O–H groups in total. The van der Waals surface area contributed by atoms with Crippen LogP contribution in [0.4, 0.5) is 5.69 Å². The van der Waals surface area contributed by atoms with Crippen LogP contribution in [0.15, 0.2) is 18.2 Å². The van der Waals surface area contributed by atoms with Gasteiger partial charge < -0.3 is 4.74 Å². The second-order valence-corrected chi connectivity index (χ2v) is 3.27. The van der Waals surface area contributed by atoms with Gasteiger partial charge in [-0.05, 0) is 30.7 Å². The van der Waals surface area contributed by atoms with Crippen molar-refractivity contribution in [3.8, 4) is 5.75 Å². The Morgan fingerprint density at radius 2 is 2.27 bits per heavy atom. The van der Waals surface area contributed by atoms with Crippen molar-refractivity contribution in [2.45, 2.75) is 6.92 Å². The van der Waals surface area contributed by atoms with E-state index in [9.17, 15) is 14.9 Å². The molecule has 1 aromatic rings. The first-order chi connectivity index (χ1) is 7.00. The van der Waals surface area contributed by atoms with Crippen molar-refractivity contribution >= 4 is 22.5 Å². The van der Waals surface area contributed by atoms with Crippen molar-refractivity contribution in [2.24, 2.45) is 0 Å². The van der Waals surface area contributed by atoms with Crippen LogP contribution in [0.2, 0.25) is 0 Å². The monoisotopic (exact) mass is 229 g/mol. The van der Waals surface area contributed by atoms with Crippen LogP contribution in [0, 0.1) is 17.0 Å². The first-order valence-corrected chi connectivity index (χ1v) is 4.44. The molecule has 0 saturated carbocycles. The molecular weight excluding hydrogens is 222 g/mol. The summed E-state index contributed by atoms with van der Waals surface area (Å²) in [5, 5.41) is 9.87. The molecule has 80 valence electrons. The normalized spacial score (nSPS) is 9.73. The minimum Gasteiger partial charge on any atom is -0.484 e. The summed E-state index contributed by atoms with van der Waals surface area (Å²) in [7, 11) is 0. The van der Waals surface area contributed by atoms with Gasteiger partial charge in [-0.3, -0.25) is 14.9 Å². The zero-order chi connectivity index (χ0) is 11.4. The van der Waals surface area contributed by atoms with Crippen molar-refractivity contribution in [1.82, 2.24) is 0 Å². The number of nitro groups is 1. The lowest BCUT2D eigenvalue weighted by Crippen LogP contribution is -2.04. The third kappa shape index (κ3) is 3.21. The third-order valence-electron chi connectivity index (χ3n) is 1.72. The van der Waals surface area contributed by atoms with Gasteiger partial charge in [-0.2, -0.15) is 0 Å². The molecule has 0 bridgehead atoms. The van der Waals surface area contributed by atoms with Gasteiger partial charge in [0.2, 0.25) is 0 Å². The number of nitro benzene ring substituents is 1. The highest BCUT2D eigenvalue weighted by molar-refractivity contribution is 6.63. The Labute approximate surface area is 90.8 Å². The Bertz CT molecular complexity index is 405. The highest BCUT2D eigenvalue weighted by Crippen LogP contribution is 2.22. The number of nitrogens with zero attached hydrogens (tertiary/aromatic N) is 1. The number of halogens is 1. The van der Waals surface area contributed by atoms with E-state index in [0.29, 0.717) is 11.3 Å². The Kier molecular flexibility index (Phi) is 3.62. The van der Waals surface area contributed by atoms with E-state index in [0.717, 1.165) is 0 Å². The van der Waals surface area contributed by atoms with Gasteiger partial charge >= 0.3 is 0 Å². The summed E-state index contributed by atoms with van der Waals surface area (Å²) in [6, 6.07) is 4.23. The maximum absolute atomic E-state index is 10.5. The topological polar surface area (TPSA) is 69.4 Å². The van der Waals surface area contributed by atoms with Gasteiger partial charge in [-0.25, -0.2) is 0 Å². The molecule has 1 rings (SSSR count). The molecule has 0 spiro atoms. The molecule has 0 radical (unpaired) electrons. The molecule has 0 heterocycles. The van der Waals surface area contributed by atoms with Gasteiger partial charge in [-0.15, -0.1) is 0 Å². The third-order valence-corrected chi connectivity index (χ3v) is 1.83. The predicted octanol–water partition coefficient (Wildman–Crippen LogP) is 2.05. The first kappa shape index (κ1) is 11.5. The molecule has 0 unspecified atom stereocenters. The molecule has 0 fully saturated rings. The number of hydrogen-bond acceptors (Lipinski definition) is 4. The maximum atomic E-state index is 10.5. The van der Waals surface area contributed by atoms with E-state index in [4.69, 9.17) is 16.3 Å². The van der Waals surface area contributed by atoms with Crippen molar-refractivity contribution in [3.05, 3.63) is 33.9 Å². The largest absolute Gasteiger partial charge is 0.484 e. The summed E-state index contributed by atoms with van der Waals surface area (Å²) in [6.45, 7) is 1.34. The molecule has 5 nitrogen and oxygen atoms in total. The number of benzene rings is 1. The molecular formula is C9H8ClNO4.